The maximum Gasteiger partial charge on any atom is 0.270 e. The number of aliphatic hydroxyl groups excluding tert-OH is 1. The summed E-state index contributed by atoms with van der Waals surface area (Å²) < 4.78 is 13.9. The van der Waals surface area contributed by atoms with Crippen LogP contribution in [0.15, 0.2) is 91.0 Å². The van der Waals surface area contributed by atoms with Crippen LogP contribution in [-0.4, -0.2) is 59.6 Å². The van der Waals surface area contributed by atoms with Crippen LogP contribution in [0, 0.1) is 5.82 Å². The standard InChI is InChI=1S/C31H32FN5O4/c1-34-29(39)18-26(36-30(40)25-16-11-21-9-5-6-10-24(21)35-25)31(41)37(23-14-12-22(32)13-15-23)27(28(38)19-33)17-20-7-3-2-4-8-20/h2-16,26-28,38H,17-19,33H2,1H3,(H,34,39)(H,36,40). The van der Waals surface area contributed by atoms with Crippen molar-refractivity contribution in [2.24, 2.45) is 5.73 Å². The molecule has 10 heteroatoms. The molecule has 9 nitrogen and oxygen atoms in total. The molecular formula is C31H32FN5O4. The van der Waals surface area contributed by atoms with Crippen molar-refractivity contribution in [2.45, 2.75) is 31.0 Å². The maximum atomic E-state index is 14.3. The van der Waals surface area contributed by atoms with E-state index in [1.54, 1.807) is 18.2 Å². The van der Waals surface area contributed by atoms with E-state index in [2.05, 4.69) is 15.6 Å². The number of hydrogen-bond donors (Lipinski definition) is 4. The summed E-state index contributed by atoms with van der Waals surface area (Å²) in [6.45, 7) is -0.171. The molecule has 3 aromatic carbocycles. The number of nitrogens with one attached hydrogen (secondary N) is 2. The number of hydrogen-bond acceptors (Lipinski definition) is 6. The smallest absolute Gasteiger partial charge is 0.270 e. The van der Waals surface area contributed by atoms with Crippen molar-refractivity contribution < 1.29 is 23.9 Å². The molecule has 0 saturated heterocycles. The lowest BCUT2D eigenvalue weighted by Crippen LogP contribution is -2.58. The molecule has 1 heterocycles. The number of aromatic nitrogens is 1. The molecule has 0 aliphatic heterocycles. The molecular weight excluding hydrogens is 525 g/mol. The molecule has 0 aliphatic carbocycles. The number of benzene rings is 3. The van der Waals surface area contributed by atoms with Crippen LogP contribution in [0.1, 0.15) is 22.5 Å². The third kappa shape index (κ3) is 7.30. The molecule has 4 rings (SSSR count). The van der Waals surface area contributed by atoms with Crippen molar-refractivity contribution >= 4 is 34.3 Å². The summed E-state index contributed by atoms with van der Waals surface area (Å²) >= 11 is 0. The zero-order valence-corrected chi connectivity index (χ0v) is 22.5. The number of aliphatic hydroxyl groups is 1. The first-order valence-corrected chi connectivity index (χ1v) is 13.2. The number of nitrogens with two attached hydrogens (primary N) is 1. The number of anilines is 1. The van der Waals surface area contributed by atoms with Gasteiger partial charge in [0.05, 0.1) is 24.1 Å². The maximum absolute atomic E-state index is 14.3. The molecule has 3 atom stereocenters. The highest BCUT2D eigenvalue weighted by molar-refractivity contribution is 6.04. The minimum absolute atomic E-state index is 0.0644. The summed E-state index contributed by atoms with van der Waals surface area (Å²) in [6, 6.07) is 22.7. The topological polar surface area (TPSA) is 138 Å². The fourth-order valence-electron chi connectivity index (χ4n) is 4.58. The predicted octanol–water partition coefficient (Wildman–Crippen LogP) is 2.57. The molecule has 3 unspecified atom stereocenters. The molecule has 0 bridgehead atoms. The lowest BCUT2D eigenvalue weighted by Gasteiger charge is -2.37. The van der Waals surface area contributed by atoms with E-state index >= 15 is 0 Å². The second kappa shape index (κ2) is 13.6. The van der Waals surface area contributed by atoms with Crippen molar-refractivity contribution in [3.63, 3.8) is 0 Å². The molecule has 0 radical (unpaired) electrons. The van der Waals surface area contributed by atoms with E-state index in [1.807, 2.05) is 42.5 Å². The van der Waals surface area contributed by atoms with Crippen molar-refractivity contribution in [1.29, 1.82) is 0 Å². The van der Waals surface area contributed by atoms with Crippen LogP contribution >= 0.6 is 0 Å². The lowest BCUT2D eigenvalue weighted by molar-refractivity contribution is -0.127. The Morgan fingerprint density at radius 2 is 1.63 bits per heavy atom. The number of carbonyl (C=O) groups excluding carboxylic acids is 3. The number of fused-ring (bicyclic) bond motifs is 1. The minimum Gasteiger partial charge on any atom is -0.390 e. The van der Waals surface area contributed by atoms with Gasteiger partial charge in [-0.1, -0.05) is 54.6 Å². The van der Waals surface area contributed by atoms with Gasteiger partial charge < -0.3 is 26.4 Å². The van der Waals surface area contributed by atoms with Crippen LogP contribution in [0.25, 0.3) is 10.9 Å². The molecule has 0 aliphatic rings. The summed E-state index contributed by atoms with van der Waals surface area (Å²) in [7, 11) is 1.42. The van der Waals surface area contributed by atoms with Crippen LogP contribution in [0.4, 0.5) is 10.1 Å². The van der Waals surface area contributed by atoms with Gasteiger partial charge in [0.15, 0.2) is 0 Å². The molecule has 0 spiro atoms. The third-order valence-corrected chi connectivity index (χ3v) is 6.75. The second-order valence-electron chi connectivity index (χ2n) is 9.54. The second-order valence-corrected chi connectivity index (χ2v) is 9.54. The number of halogens is 1. The Hall–Kier alpha value is -4.67. The molecule has 1 aromatic heterocycles. The molecule has 4 aromatic rings. The van der Waals surface area contributed by atoms with Gasteiger partial charge >= 0.3 is 0 Å². The Labute approximate surface area is 237 Å². The van der Waals surface area contributed by atoms with E-state index < -0.39 is 41.7 Å². The van der Waals surface area contributed by atoms with Crippen molar-refractivity contribution in [2.75, 3.05) is 18.5 Å². The first kappa shape index (κ1) is 29.3. The summed E-state index contributed by atoms with van der Waals surface area (Å²) in [5, 5.41) is 17.0. The Morgan fingerprint density at radius 3 is 2.32 bits per heavy atom. The number of carbonyl (C=O) groups is 3. The number of para-hydroxylation sites is 1. The summed E-state index contributed by atoms with van der Waals surface area (Å²) in [6.07, 6.45) is -1.36. The predicted molar refractivity (Wildman–Crippen MR) is 155 cm³/mol. The normalized spacial score (nSPS) is 13.2. The summed E-state index contributed by atoms with van der Waals surface area (Å²) in [5.41, 5.74) is 7.60. The monoisotopic (exact) mass is 557 g/mol. The number of pyridine rings is 1. The molecule has 212 valence electrons. The van der Waals surface area contributed by atoms with Crippen LogP contribution < -0.4 is 21.3 Å². The van der Waals surface area contributed by atoms with Gasteiger partial charge in [-0.05, 0) is 48.4 Å². The zero-order valence-electron chi connectivity index (χ0n) is 22.5. The van der Waals surface area contributed by atoms with Gasteiger partial charge in [0, 0.05) is 24.7 Å². The average Bonchev–Trinajstić information content (AvgIpc) is 3.00. The highest BCUT2D eigenvalue weighted by atomic mass is 19.1. The van der Waals surface area contributed by atoms with Gasteiger partial charge in [0.1, 0.15) is 17.6 Å². The van der Waals surface area contributed by atoms with Gasteiger partial charge in [-0.3, -0.25) is 14.4 Å². The van der Waals surface area contributed by atoms with Gasteiger partial charge in [0.2, 0.25) is 11.8 Å². The first-order chi connectivity index (χ1) is 19.8. The Bertz CT molecular complexity index is 1500. The zero-order chi connectivity index (χ0) is 29.4. The number of amides is 3. The fourth-order valence-corrected chi connectivity index (χ4v) is 4.58. The van der Waals surface area contributed by atoms with E-state index in [9.17, 15) is 23.9 Å². The van der Waals surface area contributed by atoms with E-state index in [4.69, 9.17) is 5.73 Å². The van der Waals surface area contributed by atoms with E-state index in [0.29, 0.717) is 5.52 Å². The first-order valence-electron chi connectivity index (χ1n) is 13.2. The molecule has 41 heavy (non-hydrogen) atoms. The quantitative estimate of drug-likeness (QED) is 0.224. The molecule has 3 amide bonds. The Morgan fingerprint density at radius 1 is 0.951 bits per heavy atom. The van der Waals surface area contributed by atoms with Crippen molar-refractivity contribution in [3.8, 4) is 0 Å². The number of nitrogens with zero attached hydrogens (tertiary/aromatic N) is 2. The highest BCUT2D eigenvalue weighted by Crippen LogP contribution is 2.24. The Kier molecular flexibility index (Phi) is 9.73. The van der Waals surface area contributed by atoms with Gasteiger partial charge in [0.25, 0.3) is 5.91 Å². The fraction of sp³-hybridized carbons (Fsp3) is 0.226. The van der Waals surface area contributed by atoms with Crippen LogP contribution in [0.3, 0.4) is 0 Å². The van der Waals surface area contributed by atoms with Crippen LogP contribution in [0.5, 0.6) is 0 Å². The van der Waals surface area contributed by atoms with Crippen molar-refractivity contribution in [1.82, 2.24) is 15.6 Å². The SMILES string of the molecule is CNC(=O)CC(NC(=O)c1ccc2ccccc2n1)C(=O)N(c1ccc(F)cc1)C(Cc1ccccc1)C(O)CN. The summed E-state index contributed by atoms with van der Waals surface area (Å²) in [4.78, 5) is 45.8. The minimum atomic E-state index is -1.34. The largest absolute Gasteiger partial charge is 0.390 e. The van der Waals surface area contributed by atoms with E-state index in [1.165, 1.54) is 42.3 Å². The van der Waals surface area contributed by atoms with E-state index in [0.717, 1.165) is 10.9 Å². The molecule has 0 fully saturated rings. The average molecular weight is 558 g/mol. The van der Waals surface area contributed by atoms with E-state index in [-0.39, 0.29) is 30.8 Å². The highest BCUT2D eigenvalue weighted by Gasteiger charge is 2.36. The summed E-state index contributed by atoms with van der Waals surface area (Å²) in [5.74, 6) is -2.34. The van der Waals surface area contributed by atoms with Crippen LogP contribution in [0.2, 0.25) is 0 Å². The van der Waals surface area contributed by atoms with Crippen molar-refractivity contribution in [3.05, 3.63) is 108 Å². The lowest BCUT2D eigenvalue weighted by atomic mass is 9.97. The third-order valence-electron chi connectivity index (χ3n) is 6.75. The van der Waals surface area contributed by atoms with Gasteiger partial charge in [-0.2, -0.15) is 0 Å². The Balaban J connectivity index is 1.73. The van der Waals surface area contributed by atoms with Crippen LogP contribution in [-0.2, 0) is 16.0 Å². The van der Waals surface area contributed by atoms with Gasteiger partial charge in [-0.15, -0.1) is 0 Å². The number of rotatable bonds is 11. The molecule has 5 N–H and O–H groups in total. The molecule has 0 saturated carbocycles. The van der Waals surface area contributed by atoms with Gasteiger partial charge in [-0.25, -0.2) is 9.37 Å².